The largest absolute Gasteiger partial charge is 0.504 e. The monoisotopic (exact) mass is 871 g/mol. The molecule has 4 aromatic rings. The summed E-state index contributed by atoms with van der Waals surface area (Å²) in [5, 5.41) is 21.0. The van der Waals surface area contributed by atoms with E-state index >= 15 is 0 Å². The molecule has 7 aliphatic rings. The number of rotatable bonds is 7. The minimum atomic E-state index is -0.693. The number of nitrogens with two attached hydrogens (primary N) is 1. The van der Waals surface area contributed by atoms with Crippen LogP contribution in [0.4, 0.5) is 21.6 Å². The molecule has 2 amide bonds. The zero-order valence-electron chi connectivity index (χ0n) is 37.0. The first-order valence-electron chi connectivity index (χ1n) is 23.6. The molecule has 332 valence electrons. The number of carbonyl (C=O) groups is 2. The van der Waals surface area contributed by atoms with Gasteiger partial charge in [0.1, 0.15) is 5.82 Å². The van der Waals surface area contributed by atoms with Crippen LogP contribution in [0.15, 0.2) is 54.7 Å². The maximum atomic E-state index is 14.3. The molecule has 5 aliphatic heterocycles. The molecule has 14 heteroatoms. The average Bonchev–Trinajstić information content (AvgIpc) is 3.79. The van der Waals surface area contributed by atoms with Crippen LogP contribution in [-0.2, 0) is 21.4 Å². The molecule has 2 bridgehead atoms. The summed E-state index contributed by atoms with van der Waals surface area (Å²) in [5.41, 5.74) is 13.2. The number of hydrogen-bond donors (Lipinski definition) is 3. The van der Waals surface area contributed by atoms with Gasteiger partial charge in [-0.05, 0) is 149 Å². The second kappa shape index (κ2) is 16.6. The van der Waals surface area contributed by atoms with Crippen LogP contribution in [0.2, 0.25) is 0 Å². The SMILES string of the molecule is CC1[C@@H]2CN(c3cc(-c4cccc(F)c4O)nnc3N)CC[C@@H](C)C[C@]1(c1nccc(C3CCN([C@H]4CC[C@H](c5cccc6c5CCN6[C@]5([SiH3])CCC(=O)NC5=O)CC4)CC3)n1)C2. The van der Waals surface area contributed by atoms with E-state index in [-0.39, 0.29) is 17.2 Å². The number of benzene rings is 2. The number of carbonyl (C=O) groups excluding carboxylic acids is 2. The lowest BCUT2D eigenvalue weighted by Gasteiger charge is -2.54. The number of halogens is 1. The number of phenols is 1. The van der Waals surface area contributed by atoms with E-state index in [0.717, 1.165) is 82.8 Å². The van der Waals surface area contributed by atoms with Crippen LogP contribution in [0.25, 0.3) is 11.3 Å². The van der Waals surface area contributed by atoms with E-state index in [2.05, 4.69) is 68.3 Å². The number of para-hydroxylation sites is 1. The quantitative estimate of drug-likeness (QED) is 0.149. The Balaban J connectivity index is 0.770. The van der Waals surface area contributed by atoms with Gasteiger partial charge in [-0.3, -0.25) is 14.9 Å². The predicted molar refractivity (Wildman–Crippen MR) is 246 cm³/mol. The Morgan fingerprint density at radius 1 is 0.889 bits per heavy atom. The van der Waals surface area contributed by atoms with Crippen LogP contribution in [-0.4, -0.2) is 96.2 Å². The highest BCUT2D eigenvalue weighted by atomic mass is 28.1. The molecule has 63 heavy (non-hydrogen) atoms. The summed E-state index contributed by atoms with van der Waals surface area (Å²) in [5.74, 6) is 2.18. The Hall–Kier alpha value is -4.95. The standard InChI is InChI=1S/C49H62FN9O3Si/c1-29-15-21-58(42-25-40(55-56-45(42)51)37-6-3-7-38(50)44(37)61)28-33-27-48(26-29,30(33)2)46-52-20-14-39(53-46)32-16-22-57(23-17-32)34-11-9-31(10-12-34)35-5-4-8-41-36(35)18-24-59(41)49(63)19-13-43(60)54-47(49)62/h3-8,14,20,25,29-34,61H,9-13,15-19,21-24,26-28H2,1-2,63H3,(H2,51,56)(H,54,60,62)/t29-,30?,31-,33+,34-,48+,49+/m1/s1. The summed E-state index contributed by atoms with van der Waals surface area (Å²) in [4.78, 5) is 42.9. The molecule has 4 saturated heterocycles. The first-order chi connectivity index (χ1) is 30.4. The van der Waals surface area contributed by atoms with Crippen LogP contribution in [0.5, 0.6) is 5.75 Å². The third kappa shape index (κ3) is 7.48. The number of nitrogen functional groups attached to an aromatic ring is 1. The van der Waals surface area contributed by atoms with Crippen LogP contribution < -0.4 is 20.9 Å². The van der Waals surface area contributed by atoms with E-state index in [4.69, 9.17) is 15.7 Å². The van der Waals surface area contributed by atoms with Gasteiger partial charge in [0, 0.05) is 76.8 Å². The minimum absolute atomic E-state index is 0.0716. The van der Waals surface area contributed by atoms with Crippen molar-refractivity contribution in [3.63, 3.8) is 0 Å². The number of aromatic hydroxyl groups is 1. The Morgan fingerprint density at radius 3 is 2.46 bits per heavy atom. The molecular formula is C49H62FN9O3Si. The molecule has 7 heterocycles. The fraction of sp³-hybridized carbons (Fsp3) is 0.551. The Bertz CT molecular complexity index is 2410. The summed E-state index contributed by atoms with van der Waals surface area (Å²) in [6.45, 7) is 9.40. The Labute approximate surface area is 373 Å². The second-order valence-electron chi connectivity index (χ2n) is 20.1. The molecule has 2 aromatic carbocycles. The Kier molecular flexibility index (Phi) is 11.0. The average molecular weight is 872 g/mol. The number of fused-ring (bicyclic) bond motifs is 6. The van der Waals surface area contributed by atoms with Gasteiger partial charge in [-0.15, -0.1) is 10.2 Å². The van der Waals surface area contributed by atoms with Gasteiger partial charge in [0.15, 0.2) is 17.4 Å². The number of piperidine rings is 2. The van der Waals surface area contributed by atoms with Gasteiger partial charge in [-0.1, -0.05) is 32.0 Å². The number of amides is 2. The lowest BCUT2D eigenvalue weighted by molar-refractivity contribution is -0.135. The van der Waals surface area contributed by atoms with E-state index in [0.29, 0.717) is 75.8 Å². The number of anilines is 3. The molecule has 0 radical (unpaired) electrons. The van der Waals surface area contributed by atoms with Crippen LogP contribution in [0.3, 0.4) is 0 Å². The van der Waals surface area contributed by atoms with Crippen molar-refractivity contribution in [1.29, 1.82) is 0 Å². The van der Waals surface area contributed by atoms with Gasteiger partial charge in [0.25, 0.3) is 0 Å². The molecule has 11 rings (SSSR count). The summed E-state index contributed by atoms with van der Waals surface area (Å²) in [6, 6.07) is 15.8. The fourth-order valence-corrected chi connectivity index (χ4v) is 13.6. The molecule has 4 N–H and O–H groups in total. The fourth-order valence-electron chi connectivity index (χ4n) is 12.8. The van der Waals surface area contributed by atoms with Crippen LogP contribution >= 0.6 is 0 Å². The van der Waals surface area contributed by atoms with Crippen molar-refractivity contribution in [2.75, 3.05) is 48.3 Å². The molecule has 2 aromatic heterocycles. The second-order valence-corrected chi connectivity index (χ2v) is 21.8. The first kappa shape index (κ1) is 42.0. The molecule has 5 atom stereocenters. The third-order valence-electron chi connectivity index (χ3n) is 16.6. The number of likely N-dealkylation sites (tertiary alicyclic amines) is 1. The van der Waals surface area contributed by atoms with E-state index < -0.39 is 16.7 Å². The first-order valence-corrected chi connectivity index (χ1v) is 24.6. The van der Waals surface area contributed by atoms with Crippen LogP contribution in [0.1, 0.15) is 119 Å². The molecule has 12 nitrogen and oxygen atoms in total. The van der Waals surface area contributed by atoms with E-state index in [9.17, 15) is 19.1 Å². The summed E-state index contributed by atoms with van der Waals surface area (Å²) in [7, 11) is 0.684. The van der Waals surface area contributed by atoms with Gasteiger partial charge >= 0.3 is 0 Å². The topological polar surface area (TPSA) is 154 Å². The number of hydrogen-bond acceptors (Lipinski definition) is 11. The van der Waals surface area contributed by atoms with Crippen molar-refractivity contribution in [2.24, 2.45) is 17.8 Å². The van der Waals surface area contributed by atoms with Gasteiger partial charge in [0.05, 0.1) is 16.5 Å². The Morgan fingerprint density at radius 2 is 1.68 bits per heavy atom. The number of phenolic OH excluding ortho intramolecular Hbond substituents is 1. The normalized spacial score (nSPS) is 30.6. The summed E-state index contributed by atoms with van der Waals surface area (Å²) in [6.07, 6.45) is 14.1. The van der Waals surface area contributed by atoms with E-state index in [1.54, 1.807) is 12.1 Å². The van der Waals surface area contributed by atoms with Gasteiger partial charge in [-0.2, -0.15) is 0 Å². The van der Waals surface area contributed by atoms with Crippen molar-refractivity contribution >= 4 is 39.2 Å². The smallest absolute Gasteiger partial charge is 0.247 e. The number of nitrogens with one attached hydrogen (secondary N) is 1. The maximum Gasteiger partial charge on any atom is 0.247 e. The highest BCUT2D eigenvalue weighted by Crippen LogP contribution is 2.57. The lowest BCUT2D eigenvalue weighted by atomic mass is 9.51. The van der Waals surface area contributed by atoms with E-state index in [1.165, 1.54) is 54.3 Å². The number of nitrogens with zero attached hydrogens (tertiary/aromatic N) is 7. The number of aromatic nitrogens is 4. The van der Waals surface area contributed by atoms with Gasteiger partial charge in [0.2, 0.25) is 11.8 Å². The van der Waals surface area contributed by atoms with Crippen LogP contribution in [0, 0.1) is 23.6 Å². The predicted octanol–water partition coefficient (Wildman–Crippen LogP) is 5.96. The molecular weight excluding hydrogens is 810 g/mol. The molecule has 0 spiro atoms. The van der Waals surface area contributed by atoms with Crippen molar-refractivity contribution in [2.45, 2.75) is 119 Å². The lowest BCUT2D eigenvalue weighted by Crippen LogP contribution is -2.63. The zero-order valence-corrected chi connectivity index (χ0v) is 39.0. The third-order valence-corrected chi connectivity index (χ3v) is 18.1. The minimum Gasteiger partial charge on any atom is -0.504 e. The summed E-state index contributed by atoms with van der Waals surface area (Å²) >= 11 is 0. The van der Waals surface area contributed by atoms with E-state index in [1.807, 2.05) is 12.3 Å². The molecule has 6 fully saturated rings. The van der Waals surface area contributed by atoms with Crippen molar-refractivity contribution in [3.05, 3.63) is 83.2 Å². The highest BCUT2D eigenvalue weighted by Gasteiger charge is 2.55. The molecule has 1 unspecified atom stereocenters. The zero-order chi connectivity index (χ0) is 43.6. The summed E-state index contributed by atoms with van der Waals surface area (Å²) < 4.78 is 14.3. The van der Waals surface area contributed by atoms with Crippen molar-refractivity contribution in [1.82, 2.24) is 30.4 Å². The van der Waals surface area contributed by atoms with Crippen molar-refractivity contribution in [3.8, 4) is 17.0 Å². The number of imide groups is 1. The molecule has 2 aliphatic carbocycles. The highest BCUT2D eigenvalue weighted by molar-refractivity contribution is 6.33. The van der Waals surface area contributed by atoms with Crippen molar-refractivity contribution < 1.29 is 19.1 Å². The van der Waals surface area contributed by atoms with Gasteiger partial charge in [-0.25, -0.2) is 14.4 Å². The van der Waals surface area contributed by atoms with Gasteiger partial charge < -0.3 is 25.5 Å². The maximum absolute atomic E-state index is 14.3. The molecule has 2 saturated carbocycles.